The molecular formula is C18H27NO2. The number of rotatable bonds is 7. The predicted molar refractivity (Wildman–Crippen MR) is 85.6 cm³/mol. The zero-order valence-corrected chi connectivity index (χ0v) is 13.1. The molecule has 0 spiro atoms. The van der Waals surface area contributed by atoms with E-state index in [-0.39, 0.29) is 12.5 Å². The van der Waals surface area contributed by atoms with E-state index in [1.54, 1.807) is 0 Å². The van der Waals surface area contributed by atoms with E-state index in [1.807, 2.05) is 17.0 Å². The summed E-state index contributed by atoms with van der Waals surface area (Å²) in [4.78, 5) is 13.9. The maximum absolute atomic E-state index is 12.0. The lowest BCUT2D eigenvalue weighted by Crippen LogP contribution is -2.38. The first kappa shape index (κ1) is 15.9. The number of piperidine rings is 1. The molecule has 2 rings (SSSR count). The Labute approximate surface area is 128 Å². The Kier molecular flexibility index (Phi) is 6.58. The normalized spacial score (nSPS) is 15.0. The first-order valence-corrected chi connectivity index (χ1v) is 8.29. The molecule has 0 atom stereocenters. The van der Waals surface area contributed by atoms with E-state index in [0.717, 1.165) is 38.1 Å². The Balaban J connectivity index is 1.73. The van der Waals surface area contributed by atoms with E-state index in [1.165, 1.54) is 31.2 Å². The summed E-state index contributed by atoms with van der Waals surface area (Å²) in [6, 6.07) is 8.17. The number of aryl methyl sites for hydroxylation is 1. The Morgan fingerprint density at radius 1 is 1.10 bits per heavy atom. The molecule has 0 aromatic heterocycles. The minimum Gasteiger partial charge on any atom is -0.484 e. The number of ether oxygens (including phenoxy) is 1. The largest absolute Gasteiger partial charge is 0.484 e. The molecule has 116 valence electrons. The van der Waals surface area contributed by atoms with Crippen molar-refractivity contribution < 1.29 is 9.53 Å². The van der Waals surface area contributed by atoms with Crippen LogP contribution in [-0.4, -0.2) is 30.5 Å². The van der Waals surface area contributed by atoms with Gasteiger partial charge in [-0.25, -0.2) is 0 Å². The molecular weight excluding hydrogens is 262 g/mol. The van der Waals surface area contributed by atoms with Crippen LogP contribution in [0.15, 0.2) is 24.3 Å². The number of hydrogen-bond donors (Lipinski definition) is 0. The number of nitrogens with zero attached hydrogens (tertiary/aromatic N) is 1. The summed E-state index contributed by atoms with van der Waals surface area (Å²) in [5, 5.41) is 0. The summed E-state index contributed by atoms with van der Waals surface area (Å²) in [5.41, 5.74) is 1.35. The highest BCUT2D eigenvalue weighted by Crippen LogP contribution is 2.15. The Bertz CT molecular complexity index is 421. The fourth-order valence-electron chi connectivity index (χ4n) is 2.71. The number of amides is 1. The van der Waals surface area contributed by atoms with Gasteiger partial charge in [-0.2, -0.15) is 0 Å². The van der Waals surface area contributed by atoms with Gasteiger partial charge in [0.2, 0.25) is 0 Å². The van der Waals surface area contributed by atoms with Crippen molar-refractivity contribution in [1.29, 1.82) is 0 Å². The average Bonchev–Trinajstić information content (AvgIpc) is 2.55. The zero-order chi connectivity index (χ0) is 14.9. The smallest absolute Gasteiger partial charge is 0.260 e. The molecule has 1 saturated heterocycles. The van der Waals surface area contributed by atoms with Crippen molar-refractivity contribution in [3.63, 3.8) is 0 Å². The van der Waals surface area contributed by atoms with Gasteiger partial charge in [0.05, 0.1) is 0 Å². The van der Waals surface area contributed by atoms with E-state index in [0.29, 0.717) is 0 Å². The van der Waals surface area contributed by atoms with Crippen LogP contribution < -0.4 is 4.74 Å². The lowest BCUT2D eigenvalue weighted by molar-refractivity contribution is -0.134. The van der Waals surface area contributed by atoms with Crippen LogP contribution in [0.1, 0.15) is 51.0 Å². The molecule has 21 heavy (non-hydrogen) atoms. The topological polar surface area (TPSA) is 29.5 Å². The molecule has 1 aliphatic heterocycles. The fourth-order valence-corrected chi connectivity index (χ4v) is 2.71. The second-order valence-corrected chi connectivity index (χ2v) is 5.83. The van der Waals surface area contributed by atoms with Crippen molar-refractivity contribution in [1.82, 2.24) is 4.90 Å². The van der Waals surface area contributed by atoms with Gasteiger partial charge in [-0.3, -0.25) is 4.79 Å². The molecule has 1 aromatic rings. The van der Waals surface area contributed by atoms with Gasteiger partial charge < -0.3 is 9.64 Å². The van der Waals surface area contributed by atoms with E-state index in [2.05, 4.69) is 19.1 Å². The van der Waals surface area contributed by atoms with Crippen LogP contribution in [-0.2, 0) is 11.2 Å². The summed E-state index contributed by atoms with van der Waals surface area (Å²) >= 11 is 0. The first-order valence-electron chi connectivity index (χ1n) is 8.29. The van der Waals surface area contributed by atoms with E-state index < -0.39 is 0 Å². The predicted octanol–water partition coefficient (Wildman–Crippen LogP) is 3.81. The molecule has 0 radical (unpaired) electrons. The Morgan fingerprint density at radius 2 is 1.81 bits per heavy atom. The summed E-state index contributed by atoms with van der Waals surface area (Å²) in [7, 11) is 0. The number of benzene rings is 1. The maximum Gasteiger partial charge on any atom is 0.260 e. The van der Waals surface area contributed by atoms with Crippen LogP contribution in [0.25, 0.3) is 0 Å². The molecule has 1 amide bonds. The molecule has 0 N–H and O–H groups in total. The van der Waals surface area contributed by atoms with E-state index >= 15 is 0 Å². The van der Waals surface area contributed by atoms with Crippen LogP contribution in [0.3, 0.4) is 0 Å². The molecule has 0 saturated carbocycles. The molecule has 0 unspecified atom stereocenters. The number of carbonyl (C=O) groups is 1. The number of hydrogen-bond acceptors (Lipinski definition) is 2. The maximum atomic E-state index is 12.0. The average molecular weight is 289 g/mol. The van der Waals surface area contributed by atoms with Gasteiger partial charge in [0.1, 0.15) is 5.75 Å². The van der Waals surface area contributed by atoms with Gasteiger partial charge >= 0.3 is 0 Å². The third kappa shape index (κ3) is 5.41. The molecule has 1 aromatic carbocycles. The van der Waals surface area contributed by atoms with E-state index in [4.69, 9.17) is 4.74 Å². The minimum absolute atomic E-state index is 0.113. The number of carbonyl (C=O) groups excluding carboxylic acids is 1. The fraction of sp³-hybridized carbons (Fsp3) is 0.611. The van der Waals surface area contributed by atoms with Gasteiger partial charge in [-0.05, 0) is 49.8 Å². The van der Waals surface area contributed by atoms with Crippen molar-refractivity contribution in [3.8, 4) is 5.75 Å². The molecule has 3 heteroatoms. The summed E-state index contributed by atoms with van der Waals surface area (Å²) in [6.07, 6.45) is 8.38. The molecule has 0 aliphatic carbocycles. The van der Waals surface area contributed by atoms with Crippen LogP contribution >= 0.6 is 0 Å². The van der Waals surface area contributed by atoms with Crippen LogP contribution in [0.5, 0.6) is 5.75 Å². The SMILES string of the molecule is CCCCCc1ccc(OCC(=O)N2CCCCC2)cc1. The second-order valence-electron chi connectivity index (χ2n) is 5.83. The highest BCUT2D eigenvalue weighted by atomic mass is 16.5. The van der Waals surface area contributed by atoms with Crippen molar-refractivity contribution in [3.05, 3.63) is 29.8 Å². The second kappa shape index (κ2) is 8.71. The van der Waals surface area contributed by atoms with E-state index in [9.17, 15) is 4.79 Å². The van der Waals surface area contributed by atoms with Crippen molar-refractivity contribution >= 4 is 5.91 Å². The van der Waals surface area contributed by atoms with Crippen molar-refractivity contribution in [2.45, 2.75) is 51.9 Å². The third-order valence-electron chi connectivity index (χ3n) is 4.06. The third-order valence-corrected chi connectivity index (χ3v) is 4.06. The number of likely N-dealkylation sites (tertiary alicyclic amines) is 1. The van der Waals surface area contributed by atoms with Crippen LogP contribution in [0, 0.1) is 0 Å². The molecule has 1 aliphatic rings. The van der Waals surface area contributed by atoms with Gasteiger partial charge in [-0.1, -0.05) is 31.9 Å². The Morgan fingerprint density at radius 3 is 2.48 bits per heavy atom. The highest BCUT2D eigenvalue weighted by molar-refractivity contribution is 5.77. The number of unbranched alkanes of at least 4 members (excludes halogenated alkanes) is 2. The lowest BCUT2D eigenvalue weighted by atomic mass is 10.1. The summed E-state index contributed by atoms with van der Waals surface area (Å²) < 4.78 is 5.61. The van der Waals surface area contributed by atoms with Crippen molar-refractivity contribution in [2.24, 2.45) is 0 Å². The summed E-state index contributed by atoms with van der Waals surface area (Å²) in [6.45, 7) is 4.16. The monoisotopic (exact) mass is 289 g/mol. The first-order chi connectivity index (χ1) is 10.3. The van der Waals surface area contributed by atoms with Gasteiger partial charge in [0, 0.05) is 13.1 Å². The minimum atomic E-state index is 0.113. The van der Waals surface area contributed by atoms with Crippen LogP contribution in [0.2, 0.25) is 0 Å². The summed E-state index contributed by atoms with van der Waals surface area (Å²) in [5.74, 6) is 0.904. The molecule has 1 heterocycles. The van der Waals surface area contributed by atoms with Crippen molar-refractivity contribution in [2.75, 3.05) is 19.7 Å². The molecule has 3 nitrogen and oxygen atoms in total. The van der Waals surface area contributed by atoms with Gasteiger partial charge in [-0.15, -0.1) is 0 Å². The molecule has 1 fully saturated rings. The quantitative estimate of drug-likeness (QED) is 0.714. The lowest BCUT2D eigenvalue weighted by Gasteiger charge is -2.26. The van der Waals surface area contributed by atoms with Gasteiger partial charge in [0.25, 0.3) is 5.91 Å². The highest BCUT2D eigenvalue weighted by Gasteiger charge is 2.16. The Hall–Kier alpha value is -1.51. The molecule has 0 bridgehead atoms. The standard InChI is InChI=1S/C18H27NO2/c1-2-3-5-8-16-9-11-17(12-10-16)21-15-18(20)19-13-6-4-7-14-19/h9-12H,2-8,13-15H2,1H3. The van der Waals surface area contributed by atoms with Crippen LogP contribution in [0.4, 0.5) is 0 Å². The van der Waals surface area contributed by atoms with Gasteiger partial charge in [0.15, 0.2) is 6.61 Å². The zero-order valence-electron chi connectivity index (χ0n) is 13.1.